The largest absolute Gasteiger partial charge is 0.302 e. The Morgan fingerprint density at radius 1 is 1.06 bits per heavy atom. The Kier molecular flexibility index (Phi) is 7.69. The fraction of sp³-hybridized carbons (Fsp3) is 0.364. The van der Waals surface area contributed by atoms with Crippen LogP contribution in [0.5, 0.6) is 0 Å². The number of amides is 1. The molecule has 1 aromatic heterocycles. The van der Waals surface area contributed by atoms with Gasteiger partial charge in [0.05, 0.1) is 15.1 Å². The van der Waals surface area contributed by atoms with Gasteiger partial charge in [0.15, 0.2) is 15.0 Å². The minimum Gasteiger partial charge on any atom is -0.302 e. The van der Waals surface area contributed by atoms with Gasteiger partial charge in [-0.2, -0.15) is 0 Å². The van der Waals surface area contributed by atoms with Crippen molar-refractivity contribution < 1.29 is 13.2 Å². The van der Waals surface area contributed by atoms with E-state index in [1.165, 1.54) is 40.5 Å². The van der Waals surface area contributed by atoms with Crippen LogP contribution in [0.3, 0.4) is 0 Å². The van der Waals surface area contributed by atoms with E-state index < -0.39 is 21.5 Å². The van der Waals surface area contributed by atoms with Gasteiger partial charge in [-0.1, -0.05) is 48.9 Å². The SMILES string of the molecule is CCN(CC)CCN(C(=O)CS(=O)(=O)c1ccc(Cl)cc1)c1nc2c(C)cccc2s1. The van der Waals surface area contributed by atoms with Gasteiger partial charge in [-0.3, -0.25) is 9.69 Å². The highest BCUT2D eigenvalue weighted by molar-refractivity contribution is 7.92. The first-order valence-corrected chi connectivity index (χ1v) is 13.0. The molecule has 6 nitrogen and oxygen atoms in total. The van der Waals surface area contributed by atoms with Gasteiger partial charge < -0.3 is 4.90 Å². The number of benzene rings is 2. The smallest absolute Gasteiger partial charge is 0.244 e. The first kappa shape index (κ1) is 23.7. The maximum Gasteiger partial charge on any atom is 0.244 e. The highest BCUT2D eigenvalue weighted by Gasteiger charge is 2.27. The van der Waals surface area contributed by atoms with Crippen molar-refractivity contribution in [1.29, 1.82) is 0 Å². The van der Waals surface area contributed by atoms with E-state index in [9.17, 15) is 13.2 Å². The molecule has 9 heteroatoms. The summed E-state index contributed by atoms with van der Waals surface area (Å²) in [6, 6.07) is 11.7. The summed E-state index contributed by atoms with van der Waals surface area (Å²) in [5.41, 5.74) is 1.86. The maximum atomic E-state index is 13.2. The van der Waals surface area contributed by atoms with E-state index in [1.54, 1.807) is 0 Å². The predicted octanol–water partition coefficient (Wildman–Crippen LogP) is 4.41. The Morgan fingerprint density at radius 3 is 2.35 bits per heavy atom. The molecule has 1 amide bonds. The molecule has 166 valence electrons. The third-order valence-electron chi connectivity index (χ3n) is 5.16. The zero-order chi connectivity index (χ0) is 22.6. The number of para-hydroxylation sites is 1. The predicted molar refractivity (Wildman–Crippen MR) is 128 cm³/mol. The van der Waals surface area contributed by atoms with Gasteiger partial charge in [0.25, 0.3) is 0 Å². The first-order valence-electron chi connectivity index (χ1n) is 10.1. The molecule has 0 aliphatic heterocycles. The summed E-state index contributed by atoms with van der Waals surface area (Å²) in [6.45, 7) is 8.79. The number of thiazole rings is 1. The highest BCUT2D eigenvalue weighted by atomic mass is 35.5. The molecule has 0 fully saturated rings. The van der Waals surface area contributed by atoms with Crippen LogP contribution in [0.15, 0.2) is 47.4 Å². The second-order valence-corrected chi connectivity index (χ2v) is 10.6. The third kappa shape index (κ3) is 5.63. The summed E-state index contributed by atoms with van der Waals surface area (Å²) < 4.78 is 26.7. The lowest BCUT2D eigenvalue weighted by molar-refractivity contribution is -0.116. The molecule has 0 spiro atoms. The zero-order valence-corrected chi connectivity index (χ0v) is 20.2. The van der Waals surface area contributed by atoms with Crippen molar-refractivity contribution in [3.8, 4) is 0 Å². The van der Waals surface area contributed by atoms with E-state index in [1.807, 2.05) is 25.1 Å². The molecule has 3 aromatic rings. The second kappa shape index (κ2) is 10.1. The fourth-order valence-corrected chi connectivity index (χ4v) is 5.68. The number of carbonyl (C=O) groups is 1. The molecule has 1 heterocycles. The standard InChI is InChI=1S/C22H26ClN3O3S2/c1-4-25(5-2)13-14-26(22-24-21-16(3)7-6-8-19(21)30-22)20(27)15-31(28,29)18-11-9-17(23)10-12-18/h6-12H,4-5,13-15H2,1-3H3. The van der Waals surface area contributed by atoms with Crippen LogP contribution in [0, 0.1) is 6.92 Å². The highest BCUT2D eigenvalue weighted by Crippen LogP contribution is 2.31. The average Bonchev–Trinajstić information content (AvgIpc) is 3.16. The van der Waals surface area contributed by atoms with E-state index in [4.69, 9.17) is 11.6 Å². The minimum absolute atomic E-state index is 0.0779. The average molecular weight is 480 g/mol. The number of likely N-dealkylation sites (N-methyl/N-ethyl adjacent to an activating group) is 1. The van der Waals surface area contributed by atoms with Gasteiger partial charge in [0, 0.05) is 18.1 Å². The van der Waals surface area contributed by atoms with Crippen molar-refractivity contribution in [1.82, 2.24) is 9.88 Å². The molecular weight excluding hydrogens is 454 g/mol. The molecule has 0 unspecified atom stereocenters. The molecule has 0 atom stereocenters. The molecule has 3 rings (SSSR count). The van der Waals surface area contributed by atoms with E-state index in [0.717, 1.165) is 28.9 Å². The summed E-state index contributed by atoms with van der Waals surface area (Å²) in [7, 11) is -3.80. The monoisotopic (exact) mass is 479 g/mol. The number of carbonyl (C=O) groups excluding carboxylic acids is 1. The Hall–Kier alpha value is -2.00. The second-order valence-electron chi connectivity index (χ2n) is 7.20. The maximum absolute atomic E-state index is 13.2. The summed E-state index contributed by atoms with van der Waals surface area (Å²) >= 11 is 7.27. The molecule has 2 aromatic carbocycles. The number of rotatable bonds is 9. The number of nitrogens with zero attached hydrogens (tertiary/aromatic N) is 3. The Balaban J connectivity index is 1.91. The number of fused-ring (bicyclic) bond motifs is 1. The van der Waals surface area contributed by atoms with Crippen LogP contribution in [0.2, 0.25) is 5.02 Å². The van der Waals surface area contributed by atoms with Gasteiger partial charge in [-0.05, 0) is 55.9 Å². The molecule has 0 aliphatic rings. The van der Waals surface area contributed by atoms with Crippen LogP contribution >= 0.6 is 22.9 Å². The topological polar surface area (TPSA) is 70.6 Å². The quantitative estimate of drug-likeness (QED) is 0.454. The Bertz CT molecular complexity index is 1160. The summed E-state index contributed by atoms with van der Waals surface area (Å²) in [5.74, 6) is -1.11. The normalized spacial score (nSPS) is 11.9. The number of hydrogen-bond donors (Lipinski definition) is 0. The number of halogens is 1. The van der Waals surface area contributed by atoms with E-state index in [0.29, 0.717) is 23.2 Å². The number of aromatic nitrogens is 1. The lowest BCUT2D eigenvalue weighted by Gasteiger charge is -2.24. The molecule has 31 heavy (non-hydrogen) atoms. The van der Waals surface area contributed by atoms with Crippen molar-refractivity contribution in [3.05, 3.63) is 53.1 Å². The molecular formula is C22H26ClN3O3S2. The van der Waals surface area contributed by atoms with Crippen LogP contribution in [-0.4, -0.2) is 56.1 Å². The van der Waals surface area contributed by atoms with Crippen molar-refractivity contribution in [2.24, 2.45) is 0 Å². The lowest BCUT2D eigenvalue weighted by Crippen LogP contribution is -2.41. The van der Waals surface area contributed by atoms with Gasteiger partial charge in [-0.25, -0.2) is 13.4 Å². The summed E-state index contributed by atoms with van der Waals surface area (Å²) in [4.78, 5) is 21.7. The summed E-state index contributed by atoms with van der Waals surface area (Å²) in [6.07, 6.45) is 0. The molecule has 0 radical (unpaired) electrons. The number of sulfone groups is 1. The first-order chi connectivity index (χ1) is 14.7. The lowest BCUT2D eigenvalue weighted by atomic mass is 10.2. The number of hydrogen-bond acceptors (Lipinski definition) is 6. The van der Waals surface area contributed by atoms with Gasteiger partial charge >= 0.3 is 0 Å². The minimum atomic E-state index is -3.80. The van der Waals surface area contributed by atoms with Crippen LogP contribution < -0.4 is 4.90 Å². The van der Waals surface area contributed by atoms with Crippen molar-refractivity contribution >= 4 is 54.0 Å². The Morgan fingerprint density at radius 2 is 1.74 bits per heavy atom. The van der Waals surface area contributed by atoms with Gasteiger partial charge in [0.2, 0.25) is 5.91 Å². The van der Waals surface area contributed by atoms with E-state index in [-0.39, 0.29) is 4.90 Å². The van der Waals surface area contributed by atoms with Crippen LogP contribution in [0.4, 0.5) is 5.13 Å². The zero-order valence-electron chi connectivity index (χ0n) is 17.8. The molecule has 0 bridgehead atoms. The van der Waals surface area contributed by atoms with E-state index >= 15 is 0 Å². The summed E-state index contributed by atoms with van der Waals surface area (Å²) in [5, 5.41) is 0.962. The van der Waals surface area contributed by atoms with Crippen LogP contribution in [-0.2, 0) is 14.6 Å². The van der Waals surface area contributed by atoms with Crippen LogP contribution in [0.1, 0.15) is 19.4 Å². The van der Waals surface area contributed by atoms with Crippen LogP contribution in [0.25, 0.3) is 10.2 Å². The van der Waals surface area contributed by atoms with Crippen molar-refractivity contribution in [2.75, 3.05) is 36.8 Å². The molecule has 0 saturated heterocycles. The molecule has 0 aliphatic carbocycles. The number of aryl methyl sites for hydroxylation is 1. The molecule has 0 saturated carbocycles. The van der Waals surface area contributed by atoms with Crippen molar-refractivity contribution in [2.45, 2.75) is 25.7 Å². The van der Waals surface area contributed by atoms with Crippen molar-refractivity contribution in [3.63, 3.8) is 0 Å². The third-order valence-corrected chi connectivity index (χ3v) is 8.07. The van der Waals surface area contributed by atoms with E-state index in [2.05, 4.69) is 23.7 Å². The fourth-order valence-electron chi connectivity index (χ4n) is 3.26. The van der Waals surface area contributed by atoms with Gasteiger partial charge in [-0.15, -0.1) is 0 Å². The Labute approximate surface area is 192 Å². The number of anilines is 1. The van der Waals surface area contributed by atoms with Gasteiger partial charge in [0.1, 0.15) is 5.75 Å². The molecule has 0 N–H and O–H groups in total.